The molecule has 0 spiro atoms. The molecule has 0 bridgehead atoms. The van der Waals surface area contributed by atoms with Crippen LogP contribution in [0.1, 0.15) is 54.9 Å². The quantitative estimate of drug-likeness (QED) is 0.648. The molecular weight excluding hydrogens is 264 g/mol. The van der Waals surface area contributed by atoms with E-state index in [4.69, 9.17) is 4.42 Å². The molecule has 0 fully saturated rings. The highest BCUT2D eigenvalue weighted by atomic mass is 16.4. The molecule has 3 heteroatoms. The van der Waals surface area contributed by atoms with Gasteiger partial charge in [0.05, 0.1) is 0 Å². The first-order valence-electron chi connectivity index (χ1n) is 7.72. The zero-order chi connectivity index (χ0) is 15.6. The number of benzene rings is 1. The lowest BCUT2D eigenvalue weighted by atomic mass is 9.98. The molecule has 0 amide bonds. The Morgan fingerprint density at radius 2 is 1.76 bits per heavy atom. The highest BCUT2D eigenvalue weighted by Gasteiger charge is 2.15. The molecular formula is C18H24O3. The topological polar surface area (TPSA) is 50.4 Å². The summed E-state index contributed by atoms with van der Waals surface area (Å²) in [5.41, 5.74) is 3.47. The van der Waals surface area contributed by atoms with E-state index in [0.29, 0.717) is 16.9 Å². The van der Waals surface area contributed by atoms with E-state index in [-0.39, 0.29) is 5.63 Å². The van der Waals surface area contributed by atoms with Crippen LogP contribution in [0.4, 0.5) is 0 Å². The molecule has 1 N–H and O–H groups in total. The van der Waals surface area contributed by atoms with Gasteiger partial charge in [-0.2, -0.15) is 0 Å². The zero-order valence-corrected chi connectivity index (χ0v) is 13.4. The fourth-order valence-electron chi connectivity index (χ4n) is 2.74. The van der Waals surface area contributed by atoms with E-state index in [2.05, 4.69) is 6.92 Å². The van der Waals surface area contributed by atoms with Crippen LogP contribution in [0.3, 0.4) is 0 Å². The maximum Gasteiger partial charge on any atom is 0.339 e. The molecule has 0 saturated carbocycles. The average Bonchev–Trinajstić information content (AvgIpc) is 2.48. The van der Waals surface area contributed by atoms with Crippen LogP contribution < -0.4 is 5.63 Å². The van der Waals surface area contributed by atoms with Crippen molar-refractivity contribution in [2.45, 2.75) is 59.8 Å². The van der Waals surface area contributed by atoms with Crippen molar-refractivity contribution < 1.29 is 9.52 Å². The lowest BCUT2D eigenvalue weighted by Gasteiger charge is -2.12. The van der Waals surface area contributed by atoms with E-state index in [1.54, 1.807) is 0 Å². The Morgan fingerprint density at radius 3 is 2.43 bits per heavy atom. The number of hydrogen-bond acceptors (Lipinski definition) is 3. The molecule has 0 atom stereocenters. The van der Waals surface area contributed by atoms with Gasteiger partial charge in [0.1, 0.15) is 11.3 Å². The Labute approximate surface area is 125 Å². The average molecular weight is 288 g/mol. The summed E-state index contributed by atoms with van der Waals surface area (Å²) in [5.74, 6) is 0.297. The van der Waals surface area contributed by atoms with E-state index in [0.717, 1.165) is 41.3 Å². The van der Waals surface area contributed by atoms with Gasteiger partial charge in [0.2, 0.25) is 0 Å². The summed E-state index contributed by atoms with van der Waals surface area (Å²) in [4.78, 5) is 12.1. The van der Waals surface area contributed by atoms with Crippen LogP contribution in [0.2, 0.25) is 0 Å². The molecule has 2 rings (SSSR count). The van der Waals surface area contributed by atoms with Crippen molar-refractivity contribution in [1.82, 2.24) is 0 Å². The van der Waals surface area contributed by atoms with Gasteiger partial charge in [-0.25, -0.2) is 4.79 Å². The summed E-state index contributed by atoms with van der Waals surface area (Å²) in [5, 5.41) is 11.0. The van der Waals surface area contributed by atoms with Crippen molar-refractivity contribution in [3.05, 3.63) is 38.7 Å². The maximum atomic E-state index is 12.1. The lowest BCUT2D eigenvalue weighted by Crippen LogP contribution is -2.08. The largest absolute Gasteiger partial charge is 0.507 e. The molecule has 0 unspecified atom stereocenters. The molecule has 3 nitrogen and oxygen atoms in total. The Kier molecular flexibility index (Phi) is 4.71. The molecule has 0 saturated heterocycles. The minimum absolute atomic E-state index is 0.244. The van der Waals surface area contributed by atoms with Gasteiger partial charge in [-0.3, -0.25) is 0 Å². The summed E-state index contributed by atoms with van der Waals surface area (Å²) in [6, 6.07) is 1.90. The molecule has 1 aromatic heterocycles. The van der Waals surface area contributed by atoms with Crippen molar-refractivity contribution in [2.75, 3.05) is 0 Å². The van der Waals surface area contributed by atoms with Crippen molar-refractivity contribution in [3.63, 3.8) is 0 Å². The fraction of sp³-hybridized carbons (Fsp3) is 0.500. The van der Waals surface area contributed by atoms with E-state index in [9.17, 15) is 9.90 Å². The van der Waals surface area contributed by atoms with Gasteiger partial charge in [-0.1, -0.05) is 26.2 Å². The Bertz CT molecular complexity index is 711. The Balaban J connectivity index is 2.47. The first-order valence-corrected chi connectivity index (χ1v) is 7.72. The van der Waals surface area contributed by atoms with E-state index in [1.165, 1.54) is 12.8 Å². The van der Waals surface area contributed by atoms with Crippen molar-refractivity contribution >= 4 is 11.0 Å². The minimum Gasteiger partial charge on any atom is -0.507 e. The fourth-order valence-corrected chi connectivity index (χ4v) is 2.74. The lowest BCUT2D eigenvalue weighted by molar-refractivity contribution is 0.465. The molecule has 21 heavy (non-hydrogen) atoms. The van der Waals surface area contributed by atoms with Crippen LogP contribution in [0.25, 0.3) is 11.0 Å². The van der Waals surface area contributed by atoms with Crippen LogP contribution in [0, 0.1) is 20.8 Å². The van der Waals surface area contributed by atoms with E-state index < -0.39 is 0 Å². The predicted molar refractivity (Wildman–Crippen MR) is 86.2 cm³/mol. The van der Waals surface area contributed by atoms with Gasteiger partial charge in [-0.05, 0) is 50.8 Å². The molecule has 0 aliphatic heterocycles. The van der Waals surface area contributed by atoms with Gasteiger partial charge in [0.25, 0.3) is 0 Å². The van der Waals surface area contributed by atoms with Crippen LogP contribution in [0.5, 0.6) is 5.75 Å². The summed E-state index contributed by atoms with van der Waals surface area (Å²) in [6.45, 7) is 7.75. The van der Waals surface area contributed by atoms with E-state index in [1.807, 2.05) is 26.8 Å². The van der Waals surface area contributed by atoms with E-state index >= 15 is 0 Å². The standard InChI is InChI=1S/C18H24O3/c1-5-6-7-8-9-14-10-15-13(4)16(19)11(2)12(3)17(15)21-18(14)20/h10,19H,5-9H2,1-4H3. The number of phenolic OH excluding ortho intramolecular Hbond substituents is 1. The summed E-state index contributed by atoms with van der Waals surface area (Å²) in [6.07, 6.45) is 5.24. The second-order valence-corrected chi connectivity index (χ2v) is 5.84. The smallest absolute Gasteiger partial charge is 0.339 e. The van der Waals surface area contributed by atoms with Gasteiger partial charge >= 0.3 is 5.63 Å². The number of phenols is 1. The van der Waals surface area contributed by atoms with Crippen molar-refractivity contribution in [3.8, 4) is 5.75 Å². The molecule has 114 valence electrons. The molecule has 0 aliphatic rings. The highest BCUT2D eigenvalue weighted by Crippen LogP contribution is 2.33. The molecule has 1 aromatic carbocycles. The Hall–Kier alpha value is -1.77. The second kappa shape index (κ2) is 6.33. The van der Waals surface area contributed by atoms with Crippen LogP contribution in [-0.4, -0.2) is 5.11 Å². The summed E-state index contributed by atoms with van der Waals surface area (Å²) in [7, 11) is 0. The number of rotatable bonds is 5. The number of unbranched alkanes of at least 4 members (excludes halogenated alkanes) is 3. The third kappa shape index (κ3) is 2.97. The van der Waals surface area contributed by atoms with Crippen molar-refractivity contribution in [1.29, 1.82) is 0 Å². The first kappa shape index (κ1) is 15.6. The SMILES string of the molecule is CCCCCCc1cc2c(C)c(O)c(C)c(C)c2oc1=O. The van der Waals surface area contributed by atoms with Gasteiger partial charge in [0, 0.05) is 16.5 Å². The van der Waals surface area contributed by atoms with Gasteiger partial charge in [-0.15, -0.1) is 0 Å². The third-order valence-corrected chi connectivity index (χ3v) is 4.34. The molecule has 0 radical (unpaired) electrons. The van der Waals surface area contributed by atoms with Crippen molar-refractivity contribution in [2.24, 2.45) is 0 Å². The van der Waals surface area contributed by atoms with Crippen LogP contribution in [0.15, 0.2) is 15.3 Å². The number of hydrogen-bond donors (Lipinski definition) is 1. The minimum atomic E-state index is -0.244. The normalized spacial score (nSPS) is 11.2. The third-order valence-electron chi connectivity index (χ3n) is 4.34. The van der Waals surface area contributed by atoms with Crippen LogP contribution >= 0.6 is 0 Å². The predicted octanol–water partition coefficient (Wildman–Crippen LogP) is 4.55. The second-order valence-electron chi connectivity index (χ2n) is 5.84. The number of aromatic hydroxyl groups is 1. The Morgan fingerprint density at radius 1 is 1.05 bits per heavy atom. The van der Waals surface area contributed by atoms with Gasteiger partial charge in [0.15, 0.2) is 0 Å². The maximum absolute atomic E-state index is 12.1. The summed E-state index contributed by atoms with van der Waals surface area (Å²) < 4.78 is 5.53. The first-order chi connectivity index (χ1) is 9.97. The zero-order valence-electron chi connectivity index (χ0n) is 13.4. The molecule has 0 aliphatic carbocycles. The summed E-state index contributed by atoms with van der Waals surface area (Å²) >= 11 is 0. The number of aryl methyl sites for hydroxylation is 3. The molecule has 2 aromatic rings. The highest BCUT2D eigenvalue weighted by molar-refractivity contribution is 5.87. The van der Waals surface area contributed by atoms with Crippen LogP contribution in [-0.2, 0) is 6.42 Å². The monoisotopic (exact) mass is 288 g/mol. The molecule has 1 heterocycles. The van der Waals surface area contributed by atoms with Gasteiger partial charge < -0.3 is 9.52 Å². The number of fused-ring (bicyclic) bond motifs is 1.